The van der Waals surface area contributed by atoms with Gasteiger partial charge in [0.2, 0.25) is 5.91 Å². The zero-order valence-corrected chi connectivity index (χ0v) is 24.1. The van der Waals surface area contributed by atoms with Crippen LogP contribution in [0.2, 0.25) is 0 Å². The predicted octanol–water partition coefficient (Wildman–Crippen LogP) is 4.94. The highest BCUT2D eigenvalue weighted by molar-refractivity contribution is 6.00. The Morgan fingerprint density at radius 2 is 1.90 bits per heavy atom. The lowest BCUT2D eigenvalue weighted by molar-refractivity contribution is -0.119. The van der Waals surface area contributed by atoms with Gasteiger partial charge in [-0.05, 0) is 60.9 Å². The van der Waals surface area contributed by atoms with Crippen molar-refractivity contribution in [1.29, 1.82) is 0 Å². The molecule has 0 radical (unpaired) electrons. The van der Waals surface area contributed by atoms with Gasteiger partial charge in [0.25, 0.3) is 0 Å². The summed E-state index contributed by atoms with van der Waals surface area (Å²) in [5, 5.41) is 15.3. The number of imide groups is 1. The van der Waals surface area contributed by atoms with Crippen molar-refractivity contribution < 1.29 is 19.4 Å². The van der Waals surface area contributed by atoms with Crippen LogP contribution in [0.15, 0.2) is 42.6 Å². The van der Waals surface area contributed by atoms with Crippen molar-refractivity contribution in [2.24, 2.45) is 13.0 Å². The number of anilines is 1. The maximum absolute atomic E-state index is 12.2. The van der Waals surface area contributed by atoms with Crippen molar-refractivity contribution in [1.82, 2.24) is 24.8 Å². The fraction of sp³-hybridized carbons (Fsp3) is 0.484. The average Bonchev–Trinajstić information content (AvgIpc) is 3.49. The molecule has 3 amide bonds. The molecule has 1 aromatic carbocycles. The minimum absolute atomic E-state index is 0.0520. The lowest BCUT2D eigenvalue weighted by Gasteiger charge is -2.29. The van der Waals surface area contributed by atoms with Crippen LogP contribution in [-0.4, -0.2) is 49.2 Å². The number of imidazole rings is 1. The molecule has 3 atom stereocenters. The van der Waals surface area contributed by atoms with Gasteiger partial charge < -0.3 is 14.4 Å². The van der Waals surface area contributed by atoms with Gasteiger partial charge in [0, 0.05) is 26.6 Å². The maximum atomic E-state index is 12.2. The van der Waals surface area contributed by atoms with Gasteiger partial charge in [0.15, 0.2) is 5.82 Å². The molecule has 3 aromatic rings. The van der Waals surface area contributed by atoms with Gasteiger partial charge in [-0.25, -0.2) is 14.8 Å². The van der Waals surface area contributed by atoms with Gasteiger partial charge in [-0.3, -0.25) is 20.3 Å². The number of nitrogens with zero attached hydrogens (tertiary/aromatic N) is 4. The lowest BCUT2D eigenvalue weighted by atomic mass is 9.88. The number of carbonyl (C=O) groups is 2. The highest BCUT2D eigenvalue weighted by Gasteiger charge is 2.32. The van der Waals surface area contributed by atoms with Crippen LogP contribution in [-0.2, 0) is 24.9 Å². The third-order valence-electron chi connectivity index (χ3n) is 8.13. The van der Waals surface area contributed by atoms with Crippen molar-refractivity contribution in [2.75, 3.05) is 11.9 Å². The second-order valence-corrected chi connectivity index (χ2v) is 11.2. The number of hydrogen-bond donors (Lipinski definition) is 3. The van der Waals surface area contributed by atoms with E-state index in [-0.39, 0.29) is 25.0 Å². The Labute approximate surface area is 241 Å². The molecule has 0 unspecified atom stereocenters. The first-order valence-corrected chi connectivity index (χ1v) is 14.6. The fourth-order valence-electron chi connectivity index (χ4n) is 5.79. The first kappa shape index (κ1) is 28.8. The predicted molar refractivity (Wildman–Crippen MR) is 156 cm³/mol. The molecule has 10 heteroatoms. The number of aromatic nitrogens is 3. The van der Waals surface area contributed by atoms with Gasteiger partial charge in [0.1, 0.15) is 23.4 Å². The van der Waals surface area contributed by atoms with Gasteiger partial charge in [-0.15, -0.1) is 0 Å². The number of nitrogens with one attached hydrogen (secondary N) is 2. The van der Waals surface area contributed by atoms with Crippen LogP contribution in [0.3, 0.4) is 0 Å². The van der Waals surface area contributed by atoms with Crippen LogP contribution in [0.5, 0.6) is 5.75 Å². The van der Waals surface area contributed by atoms with Crippen LogP contribution in [0, 0.1) is 5.92 Å². The molecule has 218 valence electrons. The number of urea groups is 1. The number of pyridine rings is 1. The van der Waals surface area contributed by atoms with Crippen LogP contribution < -0.4 is 15.4 Å². The van der Waals surface area contributed by atoms with E-state index < -0.39 is 6.03 Å². The number of hydrogen-bond acceptors (Lipinski definition) is 7. The number of carbonyl (C=O) groups excluding carboxylic acids is 2. The number of rotatable bonds is 9. The third-order valence-corrected chi connectivity index (χ3v) is 8.13. The molecule has 0 bridgehead atoms. The number of benzene rings is 1. The van der Waals surface area contributed by atoms with Crippen LogP contribution in [0.1, 0.15) is 75.2 Å². The first-order valence-electron chi connectivity index (χ1n) is 14.6. The van der Waals surface area contributed by atoms with E-state index in [1.54, 1.807) is 11.6 Å². The zero-order chi connectivity index (χ0) is 28.9. The fourth-order valence-corrected chi connectivity index (χ4v) is 5.79. The summed E-state index contributed by atoms with van der Waals surface area (Å²) in [5.74, 6) is 2.18. The van der Waals surface area contributed by atoms with E-state index in [9.17, 15) is 14.7 Å². The standard InChI is InChI=1S/C31H40N6O4/c1-4-7-28(39)35-31(40)34-27-16-32-30(36(27)3)24-15-12-22-18-37(25(19-38)29(22)33-24)17-21-10-13-23(14-11-21)41-26-9-6-5-8-20(26)2/h10-16,20,25-26,38H,4-9,17-19H2,1-3H3,(H2,34,35,39,40)/t20-,25-,26+/m1/s1. The van der Waals surface area contributed by atoms with E-state index in [0.29, 0.717) is 48.9 Å². The van der Waals surface area contributed by atoms with Crippen LogP contribution in [0.4, 0.5) is 10.6 Å². The summed E-state index contributed by atoms with van der Waals surface area (Å²) in [7, 11) is 1.78. The van der Waals surface area contributed by atoms with Crippen molar-refractivity contribution in [3.05, 3.63) is 59.4 Å². The summed E-state index contributed by atoms with van der Waals surface area (Å²) in [6.07, 6.45) is 7.64. The Kier molecular flexibility index (Phi) is 8.99. The number of aliphatic hydroxyl groups excluding tert-OH is 1. The summed E-state index contributed by atoms with van der Waals surface area (Å²) in [6, 6.07) is 11.4. The minimum Gasteiger partial charge on any atom is -0.490 e. The van der Waals surface area contributed by atoms with E-state index in [2.05, 4.69) is 51.7 Å². The average molecular weight is 561 g/mol. The Morgan fingerprint density at radius 1 is 1.12 bits per heavy atom. The topological polar surface area (TPSA) is 122 Å². The molecule has 0 spiro atoms. The summed E-state index contributed by atoms with van der Waals surface area (Å²) < 4.78 is 8.01. The Bertz CT molecular complexity index is 1370. The molecule has 41 heavy (non-hydrogen) atoms. The second kappa shape index (κ2) is 12.8. The largest absolute Gasteiger partial charge is 0.490 e. The highest BCUT2D eigenvalue weighted by atomic mass is 16.5. The number of ether oxygens (including phenoxy) is 1. The zero-order valence-electron chi connectivity index (χ0n) is 24.1. The summed E-state index contributed by atoms with van der Waals surface area (Å²) in [5.41, 5.74) is 3.69. The van der Waals surface area contributed by atoms with Crippen LogP contribution >= 0.6 is 0 Å². The van der Waals surface area contributed by atoms with Crippen molar-refractivity contribution in [2.45, 2.75) is 77.6 Å². The molecule has 3 N–H and O–H groups in total. The molecule has 3 heterocycles. The van der Waals surface area contributed by atoms with Crippen LogP contribution in [0.25, 0.3) is 11.5 Å². The SMILES string of the molecule is CCCC(=O)NC(=O)Nc1cnc(-c2ccc3c(n2)[C@@H](CO)N(Cc2ccc(O[C@H]4CCCC[C@H]4C)cc2)C3)n1C. The van der Waals surface area contributed by atoms with Gasteiger partial charge in [-0.1, -0.05) is 38.5 Å². The quantitative estimate of drug-likeness (QED) is 0.339. The van der Waals surface area contributed by atoms with Gasteiger partial charge in [-0.2, -0.15) is 0 Å². The highest BCUT2D eigenvalue weighted by Crippen LogP contribution is 2.35. The smallest absolute Gasteiger partial charge is 0.327 e. The molecule has 1 saturated carbocycles. The number of fused-ring (bicyclic) bond motifs is 1. The summed E-state index contributed by atoms with van der Waals surface area (Å²) in [4.78, 5) is 35.5. The van der Waals surface area contributed by atoms with E-state index in [4.69, 9.17) is 9.72 Å². The molecule has 0 saturated heterocycles. The molecule has 5 rings (SSSR count). The monoisotopic (exact) mass is 560 g/mol. The third kappa shape index (κ3) is 6.60. The van der Waals surface area contributed by atoms with Gasteiger partial charge >= 0.3 is 6.03 Å². The number of aliphatic hydroxyl groups is 1. The second-order valence-electron chi connectivity index (χ2n) is 11.2. The van der Waals surface area contributed by atoms with Crippen molar-refractivity contribution >= 4 is 17.8 Å². The molecule has 1 fully saturated rings. The Balaban J connectivity index is 1.25. The Hall–Kier alpha value is -3.76. The van der Waals surface area contributed by atoms with E-state index in [1.807, 2.05) is 19.1 Å². The number of amides is 3. The van der Waals surface area contributed by atoms with E-state index in [1.165, 1.54) is 25.5 Å². The maximum Gasteiger partial charge on any atom is 0.327 e. The van der Waals surface area contributed by atoms with Gasteiger partial charge in [0.05, 0.1) is 24.5 Å². The molecule has 1 aliphatic heterocycles. The van der Waals surface area contributed by atoms with E-state index in [0.717, 1.165) is 29.0 Å². The molecular formula is C31H40N6O4. The molecule has 1 aliphatic carbocycles. The van der Waals surface area contributed by atoms with Crippen molar-refractivity contribution in [3.63, 3.8) is 0 Å². The molecule has 10 nitrogen and oxygen atoms in total. The first-order chi connectivity index (χ1) is 19.9. The Morgan fingerprint density at radius 3 is 2.63 bits per heavy atom. The summed E-state index contributed by atoms with van der Waals surface area (Å²) in [6.45, 7) is 5.47. The van der Waals surface area contributed by atoms with E-state index >= 15 is 0 Å². The normalized spacial score (nSPS) is 20.4. The summed E-state index contributed by atoms with van der Waals surface area (Å²) >= 11 is 0. The molecule has 2 aromatic heterocycles. The molecule has 2 aliphatic rings. The van der Waals surface area contributed by atoms with Crippen molar-refractivity contribution in [3.8, 4) is 17.3 Å². The molecular weight excluding hydrogens is 520 g/mol. The minimum atomic E-state index is -0.598. The lowest BCUT2D eigenvalue weighted by Crippen LogP contribution is -2.34.